The van der Waals surface area contributed by atoms with Gasteiger partial charge in [-0.15, -0.1) is 0 Å². The monoisotopic (exact) mass is 376 g/mol. The maximum atomic E-state index is 12.0. The van der Waals surface area contributed by atoms with Gasteiger partial charge in [-0.25, -0.2) is 9.59 Å². The van der Waals surface area contributed by atoms with E-state index in [1.807, 2.05) is 6.92 Å². The molecule has 1 saturated heterocycles. The van der Waals surface area contributed by atoms with Crippen LogP contribution in [0.15, 0.2) is 12.7 Å². The van der Waals surface area contributed by atoms with E-state index in [4.69, 9.17) is 13.7 Å². The van der Waals surface area contributed by atoms with Gasteiger partial charge in [0.15, 0.2) is 6.61 Å². The SMILES string of the molecule is C=CC(=O)OCC(=O)OCCOC1CCC2C(CCC)C1OS2(=O)=O. The van der Waals surface area contributed by atoms with Crippen molar-refractivity contribution in [2.24, 2.45) is 5.92 Å². The van der Waals surface area contributed by atoms with Gasteiger partial charge in [-0.1, -0.05) is 19.9 Å². The second kappa shape index (κ2) is 8.77. The molecule has 0 N–H and O–H groups in total. The van der Waals surface area contributed by atoms with Gasteiger partial charge in [0, 0.05) is 12.0 Å². The number of fused-ring (bicyclic) bond motifs is 2. The summed E-state index contributed by atoms with van der Waals surface area (Å²) >= 11 is 0. The van der Waals surface area contributed by atoms with E-state index in [1.165, 1.54) is 0 Å². The minimum atomic E-state index is -3.51. The fourth-order valence-electron chi connectivity index (χ4n) is 3.36. The molecule has 0 amide bonds. The molecule has 0 spiro atoms. The molecule has 0 aromatic carbocycles. The molecular weight excluding hydrogens is 352 g/mol. The molecule has 2 fully saturated rings. The van der Waals surface area contributed by atoms with Gasteiger partial charge in [0.25, 0.3) is 10.1 Å². The van der Waals surface area contributed by atoms with Crippen LogP contribution in [-0.2, 0) is 38.1 Å². The quantitative estimate of drug-likeness (QED) is 0.253. The van der Waals surface area contributed by atoms with Gasteiger partial charge in [-0.2, -0.15) is 8.42 Å². The second-order valence-corrected chi connectivity index (χ2v) is 7.85. The first-order valence-electron chi connectivity index (χ1n) is 8.37. The molecule has 2 aliphatic rings. The van der Waals surface area contributed by atoms with Crippen LogP contribution in [0.5, 0.6) is 0 Å². The molecule has 8 nitrogen and oxygen atoms in total. The fourth-order valence-corrected chi connectivity index (χ4v) is 5.22. The van der Waals surface area contributed by atoms with E-state index in [1.54, 1.807) is 0 Å². The lowest BCUT2D eigenvalue weighted by Gasteiger charge is -2.32. The summed E-state index contributed by atoms with van der Waals surface area (Å²) in [5, 5.41) is -0.435. The van der Waals surface area contributed by atoms with Crippen LogP contribution < -0.4 is 0 Å². The van der Waals surface area contributed by atoms with Crippen LogP contribution in [-0.4, -0.2) is 57.6 Å². The normalized spacial score (nSPS) is 29.8. The Morgan fingerprint density at radius 3 is 2.68 bits per heavy atom. The van der Waals surface area contributed by atoms with Gasteiger partial charge >= 0.3 is 11.9 Å². The molecule has 1 saturated carbocycles. The maximum Gasteiger partial charge on any atom is 0.344 e. The van der Waals surface area contributed by atoms with Crippen LogP contribution in [0.1, 0.15) is 32.6 Å². The molecule has 1 aliphatic carbocycles. The molecule has 0 aromatic rings. The Labute approximate surface area is 147 Å². The highest BCUT2D eigenvalue weighted by molar-refractivity contribution is 7.87. The minimum absolute atomic E-state index is 0.0116. The Hall–Kier alpha value is -1.45. The van der Waals surface area contributed by atoms with Crippen molar-refractivity contribution >= 4 is 22.1 Å². The van der Waals surface area contributed by atoms with Crippen LogP contribution in [0.25, 0.3) is 0 Å². The molecule has 0 radical (unpaired) electrons. The van der Waals surface area contributed by atoms with Crippen LogP contribution in [0, 0.1) is 5.92 Å². The average molecular weight is 376 g/mol. The maximum absolute atomic E-state index is 12.0. The summed E-state index contributed by atoms with van der Waals surface area (Å²) < 4.78 is 44.5. The van der Waals surface area contributed by atoms with Crippen molar-refractivity contribution in [2.75, 3.05) is 19.8 Å². The van der Waals surface area contributed by atoms with Crippen LogP contribution in [0.3, 0.4) is 0 Å². The summed E-state index contributed by atoms with van der Waals surface area (Å²) in [6, 6.07) is 0. The number of hydrogen-bond donors (Lipinski definition) is 0. The van der Waals surface area contributed by atoms with E-state index in [0.717, 1.165) is 18.9 Å². The Balaban J connectivity index is 1.75. The van der Waals surface area contributed by atoms with Crippen LogP contribution >= 0.6 is 0 Å². The van der Waals surface area contributed by atoms with E-state index in [2.05, 4.69) is 11.3 Å². The second-order valence-electron chi connectivity index (χ2n) is 6.06. The molecule has 2 rings (SSSR count). The largest absolute Gasteiger partial charge is 0.461 e. The molecule has 25 heavy (non-hydrogen) atoms. The highest BCUT2D eigenvalue weighted by Gasteiger charge is 2.54. The molecular formula is C16H24O8S. The van der Waals surface area contributed by atoms with E-state index in [9.17, 15) is 18.0 Å². The summed E-state index contributed by atoms with van der Waals surface area (Å²) in [4.78, 5) is 22.2. The lowest BCUT2D eigenvalue weighted by Crippen LogP contribution is -2.41. The van der Waals surface area contributed by atoms with Crippen molar-refractivity contribution in [1.82, 2.24) is 0 Å². The molecule has 1 heterocycles. The summed E-state index contributed by atoms with van der Waals surface area (Å²) in [6.45, 7) is 4.84. The molecule has 2 bridgehead atoms. The zero-order valence-electron chi connectivity index (χ0n) is 14.2. The molecule has 4 atom stereocenters. The first-order chi connectivity index (χ1) is 11.9. The Morgan fingerprint density at radius 1 is 1.24 bits per heavy atom. The van der Waals surface area contributed by atoms with E-state index < -0.39 is 40.0 Å². The van der Waals surface area contributed by atoms with Crippen molar-refractivity contribution in [3.05, 3.63) is 12.7 Å². The van der Waals surface area contributed by atoms with Crippen molar-refractivity contribution in [2.45, 2.75) is 50.1 Å². The number of carbonyl (C=O) groups excluding carboxylic acids is 2. The molecule has 1 aliphatic heterocycles. The molecule has 4 unspecified atom stereocenters. The third-order valence-corrected chi connectivity index (χ3v) is 6.23. The third-order valence-electron chi connectivity index (χ3n) is 4.42. The van der Waals surface area contributed by atoms with E-state index in [-0.39, 0.29) is 25.2 Å². The van der Waals surface area contributed by atoms with Gasteiger partial charge in [0.05, 0.1) is 18.0 Å². The zero-order valence-corrected chi connectivity index (χ0v) is 15.0. The Kier molecular flexibility index (Phi) is 6.97. The lowest BCUT2D eigenvalue weighted by molar-refractivity contribution is -0.158. The first-order valence-corrected chi connectivity index (χ1v) is 9.84. The van der Waals surface area contributed by atoms with E-state index in [0.29, 0.717) is 12.8 Å². The summed E-state index contributed by atoms with van der Waals surface area (Å²) in [5.74, 6) is -1.44. The van der Waals surface area contributed by atoms with Crippen molar-refractivity contribution in [3.8, 4) is 0 Å². The average Bonchev–Trinajstić information content (AvgIpc) is 2.74. The number of carbonyl (C=O) groups is 2. The number of hydrogen-bond acceptors (Lipinski definition) is 8. The number of rotatable bonds is 9. The van der Waals surface area contributed by atoms with E-state index >= 15 is 0 Å². The predicted molar refractivity (Wildman–Crippen MR) is 87.1 cm³/mol. The topological polar surface area (TPSA) is 105 Å². The van der Waals surface area contributed by atoms with Gasteiger partial charge in [-0.05, 0) is 19.3 Å². The molecule has 9 heteroatoms. The lowest BCUT2D eigenvalue weighted by atomic mass is 9.81. The first kappa shape index (κ1) is 19.9. The van der Waals surface area contributed by atoms with Crippen LogP contribution in [0.2, 0.25) is 0 Å². The van der Waals surface area contributed by atoms with Crippen molar-refractivity contribution in [1.29, 1.82) is 0 Å². The standard InChI is InChI=1S/C16H24O8S/c1-3-5-11-13-7-6-12(16(11)24-25(13,19)20)21-8-9-22-15(18)10-23-14(17)4-2/h4,11-13,16H,2-3,5-10H2,1H3. The highest BCUT2D eigenvalue weighted by atomic mass is 32.2. The zero-order chi connectivity index (χ0) is 18.4. The highest BCUT2D eigenvalue weighted by Crippen LogP contribution is 2.43. The van der Waals surface area contributed by atoms with Gasteiger partial charge in [-0.3, -0.25) is 4.18 Å². The molecule has 0 aromatic heterocycles. The number of esters is 2. The van der Waals surface area contributed by atoms with Crippen LogP contribution in [0.4, 0.5) is 0 Å². The Morgan fingerprint density at radius 2 is 2.00 bits per heavy atom. The van der Waals surface area contributed by atoms with Gasteiger partial charge in [0.2, 0.25) is 0 Å². The van der Waals surface area contributed by atoms with Crippen molar-refractivity contribution in [3.63, 3.8) is 0 Å². The summed E-state index contributed by atoms with van der Waals surface area (Å²) in [5.41, 5.74) is 0. The number of ether oxygens (including phenoxy) is 3. The van der Waals surface area contributed by atoms with Gasteiger partial charge in [0.1, 0.15) is 12.7 Å². The van der Waals surface area contributed by atoms with Gasteiger partial charge < -0.3 is 14.2 Å². The fraction of sp³-hybridized carbons (Fsp3) is 0.750. The smallest absolute Gasteiger partial charge is 0.344 e. The third kappa shape index (κ3) is 5.02. The molecule has 142 valence electrons. The summed E-state index contributed by atoms with van der Waals surface area (Å²) in [7, 11) is -3.51. The Bertz CT molecular complexity index is 599. The summed E-state index contributed by atoms with van der Waals surface area (Å²) in [6.07, 6.45) is 2.93. The minimum Gasteiger partial charge on any atom is -0.461 e. The predicted octanol–water partition coefficient (Wildman–Crippen LogP) is 0.951. The van der Waals surface area contributed by atoms with Crippen molar-refractivity contribution < 1.29 is 36.4 Å².